The molecule has 0 unspecified atom stereocenters. The van der Waals surface area contributed by atoms with E-state index in [9.17, 15) is 5.11 Å². The van der Waals surface area contributed by atoms with Gasteiger partial charge in [0.1, 0.15) is 0 Å². The van der Waals surface area contributed by atoms with Gasteiger partial charge < -0.3 is 10.0 Å². The summed E-state index contributed by atoms with van der Waals surface area (Å²) in [6.07, 6.45) is 3.62. The number of aliphatic hydroxyl groups is 1. The van der Waals surface area contributed by atoms with E-state index in [0.29, 0.717) is 5.02 Å². The lowest BCUT2D eigenvalue weighted by Crippen LogP contribution is -2.20. The van der Waals surface area contributed by atoms with E-state index in [4.69, 9.17) is 11.6 Å². The molecule has 0 heterocycles. The van der Waals surface area contributed by atoms with Crippen molar-refractivity contribution in [3.63, 3.8) is 0 Å². The smallest absolute Gasteiger partial charge is 0.0716 e. The van der Waals surface area contributed by atoms with Gasteiger partial charge in [-0.1, -0.05) is 37.4 Å². The number of unbranched alkanes of at least 4 members (excludes halogenated alkanes) is 2. The largest absolute Gasteiger partial charge is 0.392 e. The van der Waals surface area contributed by atoms with Gasteiger partial charge in [-0.25, -0.2) is 0 Å². The Balaban J connectivity index is 2.74. The van der Waals surface area contributed by atoms with Gasteiger partial charge in [0.05, 0.1) is 6.61 Å². The van der Waals surface area contributed by atoms with Gasteiger partial charge >= 0.3 is 0 Å². The fourth-order valence-electron chi connectivity index (χ4n) is 1.78. The van der Waals surface area contributed by atoms with Crippen LogP contribution in [-0.2, 0) is 6.61 Å². The normalized spacial score (nSPS) is 10.5. The minimum Gasteiger partial charge on any atom is -0.392 e. The molecule has 90 valence electrons. The molecule has 1 rings (SSSR count). The summed E-state index contributed by atoms with van der Waals surface area (Å²) >= 11 is 6.05. The zero-order chi connectivity index (χ0) is 12.0. The van der Waals surface area contributed by atoms with Crippen LogP contribution in [0.25, 0.3) is 0 Å². The Morgan fingerprint density at radius 1 is 1.31 bits per heavy atom. The third-order valence-corrected chi connectivity index (χ3v) is 3.11. The summed E-state index contributed by atoms with van der Waals surface area (Å²) in [5, 5.41) is 9.95. The number of aliphatic hydroxyl groups excluding tert-OH is 1. The van der Waals surface area contributed by atoms with Crippen LogP contribution in [0, 0.1) is 0 Å². The van der Waals surface area contributed by atoms with Gasteiger partial charge in [0.25, 0.3) is 0 Å². The average Bonchev–Trinajstić information content (AvgIpc) is 2.29. The Hall–Kier alpha value is -0.730. The summed E-state index contributed by atoms with van der Waals surface area (Å²) in [5.41, 5.74) is 1.86. The fourth-order valence-corrected chi connectivity index (χ4v) is 2.01. The van der Waals surface area contributed by atoms with Crippen molar-refractivity contribution in [1.82, 2.24) is 0 Å². The Labute approximate surface area is 103 Å². The summed E-state index contributed by atoms with van der Waals surface area (Å²) < 4.78 is 0. The predicted molar refractivity (Wildman–Crippen MR) is 70.2 cm³/mol. The molecule has 3 heteroatoms. The van der Waals surface area contributed by atoms with Crippen LogP contribution >= 0.6 is 11.6 Å². The summed E-state index contributed by atoms with van der Waals surface area (Å²) in [6, 6.07) is 5.74. The highest BCUT2D eigenvalue weighted by atomic mass is 35.5. The summed E-state index contributed by atoms with van der Waals surface area (Å²) in [7, 11) is 2.04. The molecule has 16 heavy (non-hydrogen) atoms. The van der Waals surface area contributed by atoms with Crippen LogP contribution in [0.2, 0.25) is 5.02 Å². The molecule has 0 bridgehead atoms. The van der Waals surface area contributed by atoms with Gasteiger partial charge in [0, 0.05) is 29.9 Å². The number of halogens is 1. The lowest BCUT2D eigenvalue weighted by atomic mass is 10.1. The van der Waals surface area contributed by atoms with Crippen molar-refractivity contribution in [2.75, 3.05) is 18.5 Å². The third-order valence-electron chi connectivity index (χ3n) is 2.76. The highest BCUT2D eigenvalue weighted by molar-refractivity contribution is 6.31. The van der Waals surface area contributed by atoms with Gasteiger partial charge in [-0.05, 0) is 18.6 Å². The van der Waals surface area contributed by atoms with E-state index in [1.54, 1.807) is 0 Å². The van der Waals surface area contributed by atoms with Crippen molar-refractivity contribution in [3.8, 4) is 0 Å². The molecule has 0 spiro atoms. The van der Waals surface area contributed by atoms with Gasteiger partial charge in [0.2, 0.25) is 0 Å². The number of anilines is 1. The molecule has 0 radical (unpaired) electrons. The van der Waals surface area contributed by atoms with E-state index in [-0.39, 0.29) is 6.61 Å². The lowest BCUT2D eigenvalue weighted by molar-refractivity contribution is 0.282. The van der Waals surface area contributed by atoms with E-state index < -0.39 is 0 Å². The SMILES string of the molecule is CCCCCN(C)c1cccc(Cl)c1CO. The Morgan fingerprint density at radius 3 is 2.69 bits per heavy atom. The highest BCUT2D eigenvalue weighted by Gasteiger charge is 2.09. The van der Waals surface area contributed by atoms with Crippen molar-refractivity contribution >= 4 is 17.3 Å². The number of hydrogen-bond acceptors (Lipinski definition) is 2. The lowest BCUT2D eigenvalue weighted by Gasteiger charge is -2.22. The average molecular weight is 242 g/mol. The molecule has 0 aliphatic carbocycles. The molecule has 0 aromatic heterocycles. The Bertz CT molecular complexity index is 328. The first-order chi connectivity index (χ1) is 7.70. The van der Waals surface area contributed by atoms with E-state index in [1.807, 2.05) is 25.2 Å². The first-order valence-electron chi connectivity index (χ1n) is 5.80. The van der Waals surface area contributed by atoms with Gasteiger partial charge in [-0.2, -0.15) is 0 Å². The van der Waals surface area contributed by atoms with Gasteiger partial charge in [-0.3, -0.25) is 0 Å². The monoisotopic (exact) mass is 241 g/mol. The number of benzene rings is 1. The molecule has 1 N–H and O–H groups in total. The van der Waals surface area contributed by atoms with Crippen LogP contribution in [0.3, 0.4) is 0 Å². The van der Waals surface area contributed by atoms with Crippen LogP contribution in [0.15, 0.2) is 18.2 Å². The minimum absolute atomic E-state index is 0.00682. The predicted octanol–water partition coefficient (Wildman–Crippen LogP) is 3.46. The maximum Gasteiger partial charge on any atom is 0.0716 e. The quantitative estimate of drug-likeness (QED) is 0.771. The van der Waals surface area contributed by atoms with Crippen molar-refractivity contribution in [2.24, 2.45) is 0 Å². The topological polar surface area (TPSA) is 23.5 Å². The van der Waals surface area contributed by atoms with E-state index in [2.05, 4.69) is 11.8 Å². The van der Waals surface area contributed by atoms with Crippen molar-refractivity contribution in [3.05, 3.63) is 28.8 Å². The third kappa shape index (κ3) is 3.39. The molecular weight excluding hydrogens is 222 g/mol. The molecule has 0 atom stereocenters. The van der Waals surface area contributed by atoms with Gasteiger partial charge in [0.15, 0.2) is 0 Å². The molecule has 0 aliphatic rings. The van der Waals surface area contributed by atoms with Crippen molar-refractivity contribution in [2.45, 2.75) is 32.8 Å². The van der Waals surface area contributed by atoms with Gasteiger partial charge in [-0.15, -0.1) is 0 Å². The molecule has 0 amide bonds. The molecule has 0 fully saturated rings. The molecule has 0 aliphatic heterocycles. The van der Waals surface area contributed by atoms with Crippen molar-refractivity contribution in [1.29, 1.82) is 0 Å². The maximum atomic E-state index is 9.31. The summed E-state index contributed by atoms with van der Waals surface area (Å²) in [4.78, 5) is 2.16. The molecule has 1 aromatic carbocycles. The standard InChI is InChI=1S/C13H20ClNO/c1-3-4-5-9-15(2)13-8-6-7-12(14)11(13)10-16/h6-8,16H,3-5,9-10H2,1-2H3. The molecular formula is C13H20ClNO. The second-order valence-electron chi connectivity index (χ2n) is 4.02. The van der Waals surface area contributed by atoms with E-state index >= 15 is 0 Å². The van der Waals surface area contributed by atoms with Crippen molar-refractivity contribution < 1.29 is 5.11 Å². The first-order valence-corrected chi connectivity index (χ1v) is 6.17. The summed E-state index contributed by atoms with van der Waals surface area (Å²) in [5.74, 6) is 0. The highest BCUT2D eigenvalue weighted by Crippen LogP contribution is 2.27. The van der Waals surface area contributed by atoms with Crippen LogP contribution in [0.4, 0.5) is 5.69 Å². The van der Waals surface area contributed by atoms with Crippen LogP contribution in [0.1, 0.15) is 31.7 Å². The van der Waals surface area contributed by atoms with E-state index in [1.165, 1.54) is 19.3 Å². The van der Waals surface area contributed by atoms with Crippen LogP contribution in [0.5, 0.6) is 0 Å². The minimum atomic E-state index is -0.00682. The first kappa shape index (κ1) is 13.3. The Morgan fingerprint density at radius 2 is 2.06 bits per heavy atom. The fraction of sp³-hybridized carbons (Fsp3) is 0.538. The second kappa shape index (κ2) is 6.77. The van der Waals surface area contributed by atoms with Crippen LogP contribution in [-0.4, -0.2) is 18.7 Å². The maximum absolute atomic E-state index is 9.31. The Kier molecular flexibility index (Phi) is 5.64. The summed E-state index contributed by atoms with van der Waals surface area (Å²) in [6.45, 7) is 3.19. The zero-order valence-corrected chi connectivity index (χ0v) is 10.8. The second-order valence-corrected chi connectivity index (χ2v) is 4.43. The zero-order valence-electron chi connectivity index (χ0n) is 10.0. The molecule has 1 aromatic rings. The van der Waals surface area contributed by atoms with E-state index in [0.717, 1.165) is 17.8 Å². The number of nitrogens with zero attached hydrogens (tertiary/aromatic N) is 1. The molecule has 0 saturated carbocycles. The molecule has 0 saturated heterocycles. The molecule has 2 nitrogen and oxygen atoms in total. The number of hydrogen-bond donors (Lipinski definition) is 1. The van der Waals surface area contributed by atoms with Crippen LogP contribution < -0.4 is 4.90 Å². The number of rotatable bonds is 6.